The van der Waals surface area contributed by atoms with Crippen LogP contribution in [0.3, 0.4) is 0 Å². The average molecular weight is 499 g/mol. The number of hydrogen-bond acceptors (Lipinski definition) is 6. The number of aromatic nitrogens is 1. The third-order valence-electron chi connectivity index (χ3n) is 6.02. The fourth-order valence-corrected chi connectivity index (χ4v) is 6.43. The van der Waals surface area contributed by atoms with Crippen LogP contribution < -0.4 is 5.32 Å². The third-order valence-corrected chi connectivity index (χ3v) is 8.95. The Hall–Kier alpha value is -2.59. The SMILES string of the molecule is CCN(Cc1ccccc1)S(=O)(=O)c1ccc(C(=O)Nc2nc3c(s2)CN(C(C)C)CC3)cc1. The molecule has 0 saturated carbocycles. The van der Waals surface area contributed by atoms with Crippen molar-refractivity contribution in [2.75, 3.05) is 18.4 Å². The monoisotopic (exact) mass is 498 g/mol. The maximum Gasteiger partial charge on any atom is 0.257 e. The molecule has 1 aliphatic rings. The maximum absolute atomic E-state index is 13.1. The molecule has 1 aromatic heterocycles. The second kappa shape index (κ2) is 10.4. The van der Waals surface area contributed by atoms with Crippen molar-refractivity contribution in [3.8, 4) is 0 Å². The lowest BCUT2D eigenvalue weighted by Crippen LogP contribution is -2.35. The second-order valence-electron chi connectivity index (χ2n) is 8.60. The molecule has 0 fully saturated rings. The lowest BCUT2D eigenvalue weighted by atomic mass is 10.1. The van der Waals surface area contributed by atoms with Gasteiger partial charge in [-0.1, -0.05) is 37.3 Å². The normalized spacial score (nSPS) is 14.4. The summed E-state index contributed by atoms with van der Waals surface area (Å²) in [5.74, 6) is -0.299. The highest BCUT2D eigenvalue weighted by Gasteiger charge is 2.25. The number of benzene rings is 2. The minimum atomic E-state index is -3.68. The predicted molar refractivity (Wildman–Crippen MR) is 135 cm³/mol. The molecule has 1 N–H and O–H groups in total. The number of carbonyl (C=O) groups excluding carboxylic acids is 1. The van der Waals surface area contributed by atoms with E-state index in [0.29, 0.717) is 29.8 Å². The van der Waals surface area contributed by atoms with Crippen molar-refractivity contribution in [2.24, 2.45) is 0 Å². The van der Waals surface area contributed by atoms with Crippen LogP contribution in [0.2, 0.25) is 0 Å². The summed E-state index contributed by atoms with van der Waals surface area (Å²) in [5, 5.41) is 3.46. The number of anilines is 1. The van der Waals surface area contributed by atoms with Gasteiger partial charge in [-0.3, -0.25) is 15.0 Å². The molecule has 1 amide bonds. The summed E-state index contributed by atoms with van der Waals surface area (Å²) in [7, 11) is -3.68. The van der Waals surface area contributed by atoms with E-state index in [9.17, 15) is 13.2 Å². The van der Waals surface area contributed by atoms with Crippen molar-refractivity contribution in [3.63, 3.8) is 0 Å². The molecule has 0 saturated heterocycles. The van der Waals surface area contributed by atoms with Gasteiger partial charge in [0.1, 0.15) is 0 Å². The van der Waals surface area contributed by atoms with Crippen LogP contribution >= 0.6 is 11.3 Å². The van der Waals surface area contributed by atoms with Crippen molar-refractivity contribution < 1.29 is 13.2 Å². The van der Waals surface area contributed by atoms with Gasteiger partial charge in [0, 0.05) is 49.1 Å². The molecule has 2 aromatic carbocycles. The molecular weight excluding hydrogens is 468 g/mol. The quantitative estimate of drug-likeness (QED) is 0.499. The largest absolute Gasteiger partial charge is 0.298 e. The fraction of sp³-hybridized carbons (Fsp3) is 0.360. The topological polar surface area (TPSA) is 82.6 Å². The molecule has 180 valence electrons. The number of rotatable bonds is 8. The number of nitrogens with zero attached hydrogens (tertiary/aromatic N) is 3. The van der Waals surface area contributed by atoms with Crippen LogP contribution in [0.15, 0.2) is 59.5 Å². The number of fused-ring (bicyclic) bond motifs is 1. The summed E-state index contributed by atoms with van der Waals surface area (Å²) in [5.41, 5.74) is 2.37. The van der Waals surface area contributed by atoms with Gasteiger partial charge in [-0.15, -0.1) is 11.3 Å². The van der Waals surface area contributed by atoms with Gasteiger partial charge in [0.2, 0.25) is 10.0 Å². The number of carbonyl (C=O) groups is 1. The summed E-state index contributed by atoms with van der Waals surface area (Å²) in [4.78, 5) is 21.1. The standard InChI is InChI=1S/C25H30N4O3S2/c1-4-29(16-19-8-6-5-7-9-19)34(31,32)21-12-10-20(11-13-21)24(30)27-25-26-22-14-15-28(18(2)3)17-23(22)33-25/h5-13,18H,4,14-17H2,1-3H3,(H,26,27,30). The van der Waals surface area contributed by atoms with E-state index in [4.69, 9.17) is 0 Å². The highest BCUT2D eigenvalue weighted by atomic mass is 32.2. The summed E-state index contributed by atoms with van der Waals surface area (Å²) >= 11 is 1.51. The van der Waals surface area contributed by atoms with E-state index < -0.39 is 10.0 Å². The van der Waals surface area contributed by atoms with E-state index >= 15 is 0 Å². The smallest absolute Gasteiger partial charge is 0.257 e. The van der Waals surface area contributed by atoms with Crippen molar-refractivity contribution in [2.45, 2.75) is 51.2 Å². The van der Waals surface area contributed by atoms with Crippen LogP contribution in [0.5, 0.6) is 0 Å². The molecule has 9 heteroatoms. The summed E-state index contributed by atoms with van der Waals surface area (Å²) in [6, 6.07) is 16.0. The predicted octanol–water partition coefficient (Wildman–Crippen LogP) is 4.37. The summed E-state index contributed by atoms with van der Waals surface area (Å²) in [6.07, 6.45) is 0.878. The Morgan fingerprint density at radius 3 is 2.50 bits per heavy atom. The van der Waals surface area contributed by atoms with Gasteiger partial charge in [0.05, 0.1) is 10.6 Å². The van der Waals surface area contributed by atoms with Crippen LogP contribution in [0.25, 0.3) is 0 Å². The number of hydrogen-bond donors (Lipinski definition) is 1. The molecule has 0 radical (unpaired) electrons. The highest BCUT2D eigenvalue weighted by Crippen LogP contribution is 2.29. The molecule has 0 aliphatic carbocycles. The van der Waals surface area contributed by atoms with Crippen LogP contribution in [-0.4, -0.2) is 47.6 Å². The molecule has 4 rings (SSSR count). The van der Waals surface area contributed by atoms with Gasteiger partial charge >= 0.3 is 0 Å². The first-order valence-corrected chi connectivity index (χ1v) is 13.7. The minimum absolute atomic E-state index is 0.167. The first kappa shape index (κ1) is 24.5. The number of thiazole rings is 1. The van der Waals surface area contributed by atoms with Crippen molar-refractivity contribution in [3.05, 3.63) is 76.3 Å². The number of amides is 1. The molecule has 34 heavy (non-hydrogen) atoms. The Kier molecular flexibility index (Phi) is 7.47. The van der Waals surface area contributed by atoms with Gasteiger partial charge in [-0.25, -0.2) is 13.4 Å². The third kappa shape index (κ3) is 5.38. The summed E-state index contributed by atoms with van der Waals surface area (Å²) < 4.78 is 27.7. The molecule has 0 unspecified atom stereocenters. The second-order valence-corrected chi connectivity index (χ2v) is 11.6. The zero-order chi connectivity index (χ0) is 24.3. The van der Waals surface area contributed by atoms with Crippen LogP contribution in [0.4, 0.5) is 5.13 Å². The van der Waals surface area contributed by atoms with E-state index in [-0.39, 0.29) is 10.8 Å². The van der Waals surface area contributed by atoms with Crippen molar-refractivity contribution in [1.82, 2.24) is 14.2 Å². The first-order valence-electron chi connectivity index (χ1n) is 11.5. The van der Waals surface area contributed by atoms with E-state index in [2.05, 4.69) is 29.0 Å². The van der Waals surface area contributed by atoms with E-state index in [0.717, 1.165) is 30.8 Å². The number of nitrogens with one attached hydrogen (secondary N) is 1. The van der Waals surface area contributed by atoms with Gasteiger partial charge in [-0.2, -0.15) is 4.31 Å². The molecule has 3 aromatic rings. The Labute approximate surface area is 205 Å². The molecule has 0 spiro atoms. The van der Waals surface area contributed by atoms with E-state index in [1.807, 2.05) is 37.3 Å². The molecule has 2 heterocycles. The Morgan fingerprint density at radius 2 is 1.85 bits per heavy atom. The van der Waals surface area contributed by atoms with Gasteiger partial charge in [-0.05, 0) is 43.7 Å². The molecule has 0 bridgehead atoms. The van der Waals surface area contributed by atoms with Crippen LogP contribution in [0.1, 0.15) is 47.3 Å². The molecule has 0 atom stereocenters. The molecule has 7 nitrogen and oxygen atoms in total. The van der Waals surface area contributed by atoms with E-state index in [1.165, 1.54) is 32.7 Å². The Morgan fingerprint density at radius 1 is 1.15 bits per heavy atom. The number of sulfonamides is 1. The molecular formula is C25H30N4O3S2. The summed E-state index contributed by atoms with van der Waals surface area (Å²) in [6.45, 7) is 8.64. The lowest BCUT2D eigenvalue weighted by Gasteiger charge is -2.29. The van der Waals surface area contributed by atoms with Crippen molar-refractivity contribution in [1.29, 1.82) is 0 Å². The van der Waals surface area contributed by atoms with Crippen LogP contribution in [0, 0.1) is 0 Å². The first-order chi connectivity index (χ1) is 16.3. The van der Waals surface area contributed by atoms with E-state index in [1.54, 1.807) is 12.1 Å². The minimum Gasteiger partial charge on any atom is -0.298 e. The van der Waals surface area contributed by atoms with Gasteiger partial charge in [0.15, 0.2) is 5.13 Å². The van der Waals surface area contributed by atoms with Crippen molar-refractivity contribution >= 4 is 32.4 Å². The maximum atomic E-state index is 13.1. The Balaban J connectivity index is 1.44. The van der Waals surface area contributed by atoms with Gasteiger partial charge in [0.25, 0.3) is 5.91 Å². The zero-order valence-electron chi connectivity index (χ0n) is 19.7. The van der Waals surface area contributed by atoms with Crippen LogP contribution in [-0.2, 0) is 29.5 Å². The highest BCUT2D eigenvalue weighted by molar-refractivity contribution is 7.89. The average Bonchev–Trinajstić information content (AvgIpc) is 3.24. The van der Waals surface area contributed by atoms with Gasteiger partial charge < -0.3 is 0 Å². The fourth-order valence-electron chi connectivity index (χ4n) is 3.96. The lowest BCUT2D eigenvalue weighted by molar-refractivity contribution is 0.102. The molecule has 1 aliphatic heterocycles. The Bertz CT molecular complexity index is 1240. The zero-order valence-corrected chi connectivity index (χ0v) is 21.3.